The Bertz CT molecular complexity index is 111. The third-order valence-corrected chi connectivity index (χ3v) is 3.67. The van der Waals surface area contributed by atoms with Crippen molar-refractivity contribution >= 4 is 10.2 Å². The highest BCUT2D eigenvalue weighted by molar-refractivity contribution is 6.08. The van der Waals surface area contributed by atoms with Gasteiger partial charge < -0.3 is 0 Å². The Balaban J connectivity index is 2.01. The van der Waals surface area contributed by atoms with Crippen LogP contribution in [0.4, 0.5) is 0 Å². The van der Waals surface area contributed by atoms with Crippen molar-refractivity contribution in [2.45, 2.75) is 31.7 Å². The van der Waals surface area contributed by atoms with Gasteiger partial charge in [-0.25, -0.2) is 0 Å². The van der Waals surface area contributed by atoms with Crippen LogP contribution in [-0.4, -0.2) is 10.2 Å². The van der Waals surface area contributed by atoms with Crippen molar-refractivity contribution in [1.29, 1.82) is 0 Å². The van der Waals surface area contributed by atoms with Gasteiger partial charge in [0.05, 0.1) is 0 Å². The van der Waals surface area contributed by atoms with Gasteiger partial charge in [-0.3, -0.25) is 0 Å². The summed E-state index contributed by atoms with van der Waals surface area (Å²) in [7, 11) is 3.62. The number of rotatable bonds is 1. The van der Waals surface area contributed by atoms with E-state index >= 15 is 0 Å². The minimum absolute atomic E-state index is 1.04. The highest BCUT2D eigenvalue weighted by atomic mass is 28.1. The average molecular weight is 137 g/mol. The van der Waals surface area contributed by atoms with Gasteiger partial charge in [0.15, 0.2) is 0 Å². The van der Waals surface area contributed by atoms with Gasteiger partial charge in [0.1, 0.15) is 0 Å². The molecule has 2 bridgehead atoms. The monoisotopic (exact) mass is 137 g/mol. The van der Waals surface area contributed by atoms with Crippen LogP contribution < -0.4 is 0 Å². The van der Waals surface area contributed by atoms with Gasteiger partial charge in [-0.1, -0.05) is 12.5 Å². The summed E-state index contributed by atoms with van der Waals surface area (Å²) in [6.07, 6.45) is 6.14. The van der Waals surface area contributed by atoms with E-state index < -0.39 is 0 Å². The van der Waals surface area contributed by atoms with Gasteiger partial charge in [-0.2, -0.15) is 0 Å². The first-order valence-corrected chi connectivity index (χ1v) is 4.75. The van der Waals surface area contributed by atoms with E-state index in [9.17, 15) is 0 Å². The van der Waals surface area contributed by atoms with E-state index in [0.29, 0.717) is 0 Å². The fraction of sp³-hybridized carbons (Fsp3) is 1.00. The highest BCUT2D eigenvalue weighted by Gasteiger charge is 2.37. The fourth-order valence-electron chi connectivity index (χ4n) is 2.63. The molecule has 1 heteroatoms. The molecule has 3 atom stereocenters. The minimum atomic E-state index is 1.04. The van der Waals surface area contributed by atoms with Crippen LogP contribution in [0.2, 0.25) is 6.04 Å². The number of fused-ring (bicyclic) bond motifs is 2. The van der Waals surface area contributed by atoms with Crippen LogP contribution >= 0.6 is 0 Å². The maximum absolute atomic E-state index is 3.62. The molecular weight excluding hydrogens is 124 g/mol. The molecule has 49 valence electrons. The maximum Gasteiger partial charge on any atom is 0.0225 e. The Hall–Kier alpha value is 0.217. The molecule has 0 spiro atoms. The summed E-state index contributed by atoms with van der Waals surface area (Å²) in [5.74, 6) is 3.27. The van der Waals surface area contributed by atoms with Crippen LogP contribution in [0.1, 0.15) is 25.7 Å². The molecule has 2 aliphatic rings. The number of hydrogen-bond donors (Lipinski definition) is 0. The summed E-state index contributed by atoms with van der Waals surface area (Å²) < 4.78 is 0. The number of hydrogen-bond acceptors (Lipinski definition) is 0. The van der Waals surface area contributed by atoms with E-state index in [2.05, 4.69) is 10.2 Å². The zero-order valence-corrected chi connectivity index (χ0v) is 6.77. The summed E-state index contributed by atoms with van der Waals surface area (Å²) in [5.41, 5.74) is 0. The quantitative estimate of drug-likeness (QED) is 0.485. The van der Waals surface area contributed by atoms with Crippen LogP contribution in [0.15, 0.2) is 0 Å². The Morgan fingerprint density at radius 3 is 2.44 bits per heavy atom. The topological polar surface area (TPSA) is 0 Å². The van der Waals surface area contributed by atoms with Crippen LogP contribution in [-0.2, 0) is 0 Å². The summed E-state index contributed by atoms with van der Waals surface area (Å²) in [6.45, 7) is 0. The van der Waals surface area contributed by atoms with E-state index in [1.165, 1.54) is 25.3 Å². The van der Waals surface area contributed by atoms with E-state index in [4.69, 9.17) is 0 Å². The van der Waals surface area contributed by atoms with Crippen molar-refractivity contribution in [2.75, 3.05) is 0 Å². The first-order valence-electron chi connectivity index (χ1n) is 4.04. The van der Waals surface area contributed by atoms with Crippen molar-refractivity contribution in [3.8, 4) is 0 Å². The van der Waals surface area contributed by atoms with Crippen molar-refractivity contribution in [2.24, 2.45) is 17.8 Å². The molecule has 0 aromatic carbocycles. The van der Waals surface area contributed by atoms with Crippen molar-refractivity contribution in [3.05, 3.63) is 0 Å². The van der Waals surface area contributed by atoms with Gasteiger partial charge >= 0.3 is 0 Å². The van der Waals surface area contributed by atoms with Gasteiger partial charge in [0.25, 0.3) is 0 Å². The second kappa shape index (κ2) is 2.12. The summed E-state index contributed by atoms with van der Waals surface area (Å²) in [6, 6.07) is 1.25. The molecule has 0 aromatic rings. The fourth-order valence-corrected chi connectivity index (χ4v) is 3.13. The Morgan fingerprint density at radius 2 is 2.11 bits per heavy atom. The lowest BCUT2D eigenvalue weighted by molar-refractivity contribution is 0.360. The largest absolute Gasteiger partial charge is 0.0606 e. The minimum Gasteiger partial charge on any atom is -0.0606 e. The van der Waals surface area contributed by atoms with Gasteiger partial charge in [-0.15, -0.1) is 0 Å². The van der Waals surface area contributed by atoms with Crippen molar-refractivity contribution < 1.29 is 0 Å². The molecule has 9 heavy (non-hydrogen) atoms. The molecule has 0 N–H and O–H groups in total. The normalized spacial score (nSPS) is 48.3. The van der Waals surface area contributed by atoms with Crippen molar-refractivity contribution in [3.63, 3.8) is 0 Å². The lowest BCUT2D eigenvalue weighted by atomic mass is 9.90. The first-order chi connectivity index (χ1) is 4.40. The molecule has 0 nitrogen and oxygen atoms in total. The second-order valence-corrected chi connectivity index (χ2v) is 4.05. The Morgan fingerprint density at radius 1 is 1.22 bits per heavy atom. The summed E-state index contributed by atoms with van der Waals surface area (Å²) in [4.78, 5) is 0. The zero-order chi connectivity index (χ0) is 6.27. The molecule has 2 rings (SSSR count). The average Bonchev–Trinajstić information content (AvgIpc) is 2.45. The Kier molecular flexibility index (Phi) is 1.40. The van der Waals surface area contributed by atoms with E-state index in [-0.39, 0.29) is 0 Å². The van der Waals surface area contributed by atoms with Crippen LogP contribution in [0, 0.1) is 17.8 Å². The van der Waals surface area contributed by atoms with E-state index in [1.807, 2.05) is 0 Å². The van der Waals surface area contributed by atoms with Crippen LogP contribution in [0.25, 0.3) is 0 Å². The van der Waals surface area contributed by atoms with Gasteiger partial charge in [0, 0.05) is 10.2 Å². The molecule has 2 fully saturated rings. The Labute approximate surface area is 60.5 Å². The first kappa shape index (κ1) is 5.96. The van der Waals surface area contributed by atoms with Crippen LogP contribution in [0.5, 0.6) is 0 Å². The standard InChI is InChI=1S/C8H13Si/c9-5-8-4-6-1-2-7(8)3-6/h6-8H,1-5H2. The molecule has 2 aliphatic carbocycles. The molecule has 0 aromatic heterocycles. The predicted octanol–water partition coefficient (Wildman–Crippen LogP) is 2.01. The third kappa shape index (κ3) is 0.860. The summed E-state index contributed by atoms with van der Waals surface area (Å²) >= 11 is 0. The third-order valence-electron chi connectivity index (χ3n) is 3.15. The molecule has 0 aliphatic heterocycles. The molecular formula is C8H13Si. The molecule has 0 amide bonds. The lowest BCUT2D eigenvalue weighted by Crippen LogP contribution is -2.08. The van der Waals surface area contributed by atoms with Crippen molar-refractivity contribution in [1.82, 2.24) is 0 Å². The van der Waals surface area contributed by atoms with Gasteiger partial charge in [0.2, 0.25) is 0 Å². The molecule has 2 saturated carbocycles. The van der Waals surface area contributed by atoms with E-state index in [0.717, 1.165) is 17.8 Å². The molecule has 3 unspecified atom stereocenters. The van der Waals surface area contributed by atoms with E-state index in [1.54, 1.807) is 6.42 Å². The predicted molar refractivity (Wildman–Crippen MR) is 39.5 cm³/mol. The summed E-state index contributed by atoms with van der Waals surface area (Å²) in [5, 5.41) is 0. The molecule has 0 heterocycles. The smallest absolute Gasteiger partial charge is 0.0225 e. The maximum atomic E-state index is 3.62. The SMILES string of the molecule is [Si]CC1CC2CCC1C2. The van der Waals surface area contributed by atoms with Crippen LogP contribution in [0.3, 0.4) is 0 Å². The molecule has 0 saturated heterocycles. The lowest BCUT2D eigenvalue weighted by Gasteiger charge is -2.18. The molecule has 3 radical (unpaired) electrons. The zero-order valence-electron chi connectivity index (χ0n) is 5.77. The highest BCUT2D eigenvalue weighted by Crippen LogP contribution is 2.49. The van der Waals surface area contributed by atoms with Gasteiger partial charge in [-0.05, 0) is 37.0 Å². The second-order valence-electron chi connectivity index (χ2n) is 3.64.